The van der Waals surface area contributed by atoms with Crippen molar-refractivity contribution in [2.45, 2.75) is 155 Å². The van der Waals surface area contributed by atoms with Gasteiger partial charge in [-0.2, -0.15) is 13.2 Å². The fraction of sp³-hybridized carbons (Fsp3) is 0.567. The molecule has 0 radical (unpaired) electrons. The highest BCUT2D eigenvalue weighted by Gasteiger charge is 2.42. The van der Waals surface area contributed by atoms with Crippen LogP contribution in [0.2, 0.25) is 10.0 Å². The van der Waals surface area contributed by atoms with Crippen LogP contribution in [-0.4, -0.2) is 229 Å². The van der Waals surface area contributed by atoms with E-state index >= 15 is 14.4 Å². The summed E-state index contributed by atoms with van der Waals surface area (Å²) in [5.74, 6) is -9.04. The third-order valence-electron chi connectivity index (χ3n) is 17.3. The number of hydrogen-bond acceptors (Lipinski definition) is 11. The maximum Gasteiger partial charge on any atom is 0.417 e. The van der Waals surface area contributed by atoms with Gasteiger partial charge in [0.15, 0.2) is 0 Å². The van der Waals surface area contributed by atoms with E-state index in [2.05, 4.69) is 16.0 Å². The number of aryl methyl sites for hydroxylation is 1. The minimum atomic E-state index is -4.78. The first-order valence-electron chi connectivity index (χ1n) is 31.4. The largest absolute Gasteiger partial charge is 0.417 e. The van der Waals surface area contributed by atoms with Crippen LogP contribution in [0, 0.1) is 17.8 Å². The van der Waals surface area contributed by atoms with Gasteiger partial charge < -0.3 is 55.1 Å². The molecule has 0 aliphatic carbocycles. The van der Waals surface area contributed by atoms with Crippen LogP contribution in [-0.2, 0) is 78.2 Å². The molecular formula is C67H94Cl2F3N11O11. The number of carbonyl (C=O) groups excluding carboxylic acids is 11. The Morgan fingerprint density at radius 3 is 1.63 bits per heavy atom. The number of amides is 11. The lowest BCUT2D eigenvalue weighted by molar-refractivity contribution is -0.153. The summed E-state index contributed by atoms with van der Waals surface area (Å²) in [6.45, 7) is 11.8. The van der Waals surface area contributed by atoms with Gasteiger partial charge in [0, 0.05) is 86.7 Å². The van der Waals surface area contributed by atoms with Gasteiger partial charge in [-0.3, -0.25) is 52.7 Å². The van der Waals surface area contributed by atoms with E-state index in [0.29, 0.717) is 22.6 Å². The standard InChI is InChI=1S/C67H94Cl2F3N11O11/c1-17-41(6)58-66(94)78(11)37-56(86)76(9)38-57(87)80(13)52(35-46-23-27-47(68)28-24-46)63(91)77(10)36-54(84)74-50(30-26-45-25-29-48(49(69)33-45)67(70,71)72)62(90)81(14)51(31-39(2)3)64(92)82(15)53(34-44-21-19-18-20-22-44)65(93)83(16)59(40(4)5)61(89)73-42(7)32-55(85)79(12)43(8)60(88)75-58/h18-25,27-29,33,39-43,50-53,58-59H,17,26,30-32,34-38H2,1-16H3,(H,73,89)(H,74,84)(H,75,88)/t41-,42+,43-,50-,51-,52-,53-,58-,59-/m0/s1. The van der Waals surface area contributed by atoms with Gasteiger partial charge in [-0.25, -0.2) is 0 Å². The molecule has 4 rings (SSSR count). The smallest absolute Gasteiger partial charge is 0.351 e. The number of nitrogens with zero attached hydrogens (tertiary/aromatic N) is 8. The number of rotatable bonds is 12. The molecule has 9 atom stereocenters. The Hall–Kier alpha value is -7.80. The fourth-order valence-corrected chi connectivity index (χ4v) is 11.5. The summed E-state index contributed by atoms with van der Waals surface area (Å²) in [5, 5.41) is 8.09. The molecule has 0 bridgehead atoms. The van der Waals surface area contributed by atoms with E-state index in [1.54, 1.807) is 89.2 Å². The molecule has 11 amide bonds. The fourth-order valence-electron chi connectivity index (χ4n) is 11.1. The normalized spacial score (nSPS) is 23.5. The van der Waals surface area contributed by atoms with Gasteiger partial charge in [0.05, 0.1) is 30.2 Å². The molecule has 27 heteroatoms. The molecular weight excluding hydrogens is 1260 g/mol. The molecule has 0 aromatic heterocycles. The minimum Gasteiger partial charge on any atom is -0.351 e. The third-order valence-corrected chi connectivity index (χ3v) is 17.9. The average molecular weight is 1360 g/mol. The van der Waals surface area contributed by atoms with Crippen molar-refractivity contribution in [3.05, 3.63) is 105 Å². The summed E-state index contributed by atoms with van der Waals surface area (Å²) in [5.41, 5.74) is 0.352. The van der Waals surface area contributed by atoms with E-state index < -0.39 is 162 Å². The Kier molecular flexibility index (Phi) is 29.4. The van der Waals surface area contributed by atoms with Crippen molar-refractivity contribution in [2.24, 2.45) is 17.8 Å². The number of benzene rings is 3. The Morgan fingerprint density at radius 1 is 0.543 bits per heavy atom. The topological polar surface area (TPSA) is 250 Å². The Bertz CT molecular complexity index is 3180. The number of nitrogens with one attached hydrogen (secondary N) is 3. The lowest BCUT2D eigenvalue weighted by atomic mass is 9.96. The number of carbonyl (C=O) groups is 11. The highest BCUT2D eigenvalue weighted by Crippen LogP contribution is 2.35. The van der Waals surface area contributed by atoms with Crippen LogP contribution in [0.1, 0.15) is 103 Å². The van der Waals surface area contributed by atoms with E-state index in [4.69, 9.17) is 23.2 Å². The molecule has 0 unspecified atom stereocenters. The van der Waals surface area contributed by atoms with Crippen molar-refractivity contribution in [1.29, 1.82) is 0 Å². The molecule has 1 fully saturated rings. The molecule has 0 saturated carbocycles. The molecule has 518 valence electrons. The molecule has 1 aliphatic rings. The molecule has 22 nitrogen and oxygen atoms in total. The average Bonchev–Trinajstić information content (AvgIpc) is 0.824. The summed E-state index contributed by atoms with van der Waals surface area (Å²) in [4.78, 5) is 169. The van der Waals surface area contributed by atoms with Crippen molar-refractivity contribution < 1.29 is 65.9 Å². The second-order valence-corrected chi connectivity index (χ2v) is 26.4. The number of hydrogen-bond donors (Lipinski definition) is 3. The SMILES string of the molecule is CC[C@H](C)[C@@H]1NC(=O)[C@H](C)N(C)C(=O)C[C@@H](C)NC(=O)[C@H](C(C)C)N(C)C(=O)[C@H](Cc2ccccc2)N(C)C(=O)[C@H](CC(C)C)N(C)C(=O)[C@H](CCc2ccc(C(F)(F)F)c(Cl)c2)NC(=O)CN(C)C(=O)[C@H](Cc2ccc(Cl)cc2)N(C)C(=O)CN(C)C(=O)CN(C)C1=O. The maximum absolute atomic E-state index is 15.4. The van der Waals surface area contributed by atoms with E-state index in [1.165, 1.54) is 84.1 Å². The summed E-state index contributed by atoms with van der Waals surface area (Å²) in [6.07, 6.45) is -5.22. The number of likely N-dealkylation sites (N-methyl/N-ethyl adjacent to an activating group) is 8. The summed E-state index contributed by atoms with van der Waals surface area (Å²) in [7, 11) is 10.9. The van der Waals surface area contributed by atoms with Crippen LogP contribution in [0.5, 0.6) is 0 Å². The zero-order valence-corrected chi connectivity index (χ0v) is 58.3. The lowest BCUT2D eigenvalue weighted by Gasteiger charge is -2.39. The van der Waals surface area contributed by atoms with Crippen molar-refractivity contribution in [2.75, 3.05) is 76.0 Å². The Labute approximate surface area is 560 Å². The number of halogens is 5. The van der Waals surface area contributed by atoms with Gasteiger partial charge in [-0.1, -0.05) is 120 Å². The van der Waals surface area contributed by atoms with Crippen molar-refractivity contribution in [1.82, 2.24) is 55.1 Å². The molecule has 3 aromatic carbocycles. The van der Waals surface area contributed by atoms with Crippen LogP contribution in [0.4, 0.5) is 13.2 Å². The van der Waals surface area contributed by atoms with E-state index in [-0.39, 0.29) is 50.0 Å². The zero-order valence-electron chi connectivity index (χ0n) is 56.8. The first-order valence-corrected chi connectivity index (χ1v) is 32.2. The first-order chi connectivity index (χ1) is 43.8. The first kappa shape index (κ1) is 78.6. The summed E-state index contributed by atoms with van der Waals surface area (Å²) in [6, 6.07) is 8.49. The summed E-state index contributed by atoms with van der Waals surface area (Å²) >= 11 is 12.3. The molecule has 3 N–H and O–H groups in total. The van der Waals surface area contributed by atoms with Crippen LogP contribution >= 0.6 is 23.2 Å². The van der Waals surface area contributed by atoms with Crippen molar-refractivity contribution >= 4 is 88.2 Å². The van der Waals surface area contributed by atoms with Crippen molar-refractivity contribution in [3.63, 3.8) is 0 Å². The predicted octanol–water partition coefficient (Wildman–Crippen LogP) is 5.59. The highest BCUT2D eigenvalue weighted by molar-refractivity contribution is 6.31. The van der Waals surface area contributed by atoms with Gasteiger partial charge in [0.25, 0.3) is 0 Å². The quantitative estimate of drug-likeness (QED) is 0.202. The molecule has 3 aromatic rings. The lowest BCUT2D eigenvalue weighted by Crippen LogP contribution is -2.61. The van der Waals surface area contributed by atoms with Gasteiger partial charge in [-0.15, -0.1) is 0 Å². The second kappa shape index (κ2) is 35.1. The van der Waals surface area contributed by atoms with Crippen LogP contribution < -0.4 is 16.0 Å². The second-order valence-electron chi connectivity index (χ2n) is 25.5. The van der Waals surface area contributed by atoms with E-state index in [0.717, 1.165) is 36.6 Å². The summed E-state index contributed by atoms with van der Waals surface area (Å²) < 4.78 is 41.5. The van der Waals surface area contributed by atoms with Gasteiger partial charge in [-0.05, 0) is 91.8 Å². The number of alkyl halides is 3. The monoisotopic (exact) mass is 1360 g/mol. The minimum absolute atomic E-state index is 0.0205. The van der Waals surface area contributed by atoms with Gasteiger partial charge >= 0.3 is 6.18 Å². The Morgan fingerprint density at radius 2 is 1.07 bits per heavy atom. The Balaban J connectivity index is 1.89. The molecule has 1 heterocycles. The van der Waals surface area contributed by atoms with Gasteiger partial charge in [0.2, 0.25) is 65.0 Å². The van der Waals surface area contributed by atoms with Crippen molar-refractivity contribution in [3.8, 4) is 0 Å². The predicted molar refractivity (Wildman–Crippen MR) is 351 cm³/mol. The van der Waals surface area contributed by atoms with Crippen LogP contribution in [0.3, 0.4) is 0 Å². The molecule has 1 aliphatic heterocycles. The maximum atomic E-state index is 15.4. The third kappa shape index (κ3) is 21.6. The van der Waals surface area contributed by atoms with Crippen LogP contribution in [0.25, 0.3) is 0 Å². The molecule has 94 heavy (non-hydrogen) atoms. The van der Waals surface area contributed by atoms with E-state index in [9.17, 15) is 51.5 Å². The van der Waals surface area contributed by atoms with Gasteiger partial charge in [0.1, 0.15) is 42.3 Å². The highest BCUT2D eigenvalue weighted by atomic mass is 35.5. The van der Waals surface area contributed by atoms with E-state index in [1.807, 2.05) is 13.8 Å². The molecule has 0 spiro atoms. The zero-order chi connectivity index (χ0) is 71.0. The van der Waals surface area contributed by atoms with Crippen LogP contribution in [0.15, 0.2) is 72.8 Å². The molecule has 1 saturated heterocycles.